The molecule has 1 aliphatic rings. The Morgan fingerprint density at radius 2 is 2.46 bits per heavy atom. The quantitative estimate of drug-likeness (QED) is 0.817. The van der Waals surface area contributed by atoms with E-state index in [0.717, 1.165) is 13.0 Å². The third-order valence-electron chi connectivity index (χ3n) is 2.48. The maximum Gasteiger partial charge on any atom is 0.168 e. The lowest BCUT2D eigenvalue weighted by molar-refractivity contribution is 0.216. The standard InChI is InChI=1S/C8H12BrN3O/c1-11-4-2-3-7(11)12-8(9)6(13)5-10-12/h5,7,13H,2-4H2,1H3. The summed E-state index contributed by atoms with van der Waals surface area (Å²) in [7, 11) is 2.07. The normalized spacial score (nSPS) is 24.0. The van der Waals surface area contributed by atoms with Crippen molar-refractivity contribution in [2.24, 2.45) is 0 Å². The van der Waals surface area contributed by atoms with Crippen molar-refractivity contribution < 1.29 is 5.11 Å². The first-order valence-electron chi connectivity index (χ1n) is 4.32. The average Bonchev–Trinajstić information content (AvgIpc) is 2.62. The van der Waals surface area contributed by atoms with E-state index in [1.165, 1.54) is 12.6 Å². The number of aromatic hydroxyl groups is 1. The van der Waals surface area contributed by atoms with Crippen molar-refractivity contribution in [1.82, 2.24) is 14.7 Å². The van der Waals surface area contributed by atoms with Crippen molar-refractivity contribution in [3.63, 3.8) is 0 Å². The number of nitrogens with zero attached hydrogens (tertiary/aromatic N) is 3. The number of hydrogen-bond donors (Lipinski definition) is 1. The van der Waals surface area contributed by atoms with E-state index < -0.39 is 0 Å². The van der Waals surface area contributed by atoms with Crippen molar-refractivity contribution >= 4 is 15.9 Å². The Balaban J connectivity index is 2.29. The van der Waals surface area contributed by atoms with Gasteiger partial charge in [-0.25, -0.2) is 4.68 Å². The minimum atomic E-state index is 0.209. The Hall–Kier alpha value is -0.550. The molecule has 1 fully saturated rings. The van der Waals surface area contributed by atoms with Crippen LogP contribution in [0.5, 0.6) is 5.75 Å². The zero-order valence-electron chi connectivity index (χ0n) is 7.44. The van der Waals surface area contributed by atoms with Gasteiger partial charge in [-0.2, -0.15) is 5.10 Å². The van der Waals surface area contributed by atoms with Crippen LogP contribution in [0.3, 0.4) is 0 Å². The molecule has 0 spiro atoms. The zero-order chi connectivity index (χ0) is 9.42. The van der Waals surface area contributed by atoms with E-state index in [1.54, 1.807) is 0 Å². The van der Waals surface area contributed by atoms with Gasteiger partial charge < -0.3 is 5.11 Å². The summed E-state index contributed by atoms with van der Waals surface area (Å²) < 4.78 is 2.49. The number of aromatic nitrogens is 2. The van der Waals surface area contributed by atoms with Gasteiger partial charge in [0.25, 0.3) is 0 Å². The molecule has 1 N–H and O–H groups in total. The molecule has 0 amide bonds. The maximum atomic E-state index is 9.34. The lowest BCUT2D eigenvalue weighted by Gasteiger charge is -2.20. The molecule has 1 unspecified atom stereocenters. The van der Waals surface area contributed by atoms with Gasteiger partial charge in [0.2, 0.25) is 0 Å². The van der Waals surface area contributed by atoms with Gasteiger partial charge in [-0.1, -0.05) is 0 Å². The maximum absolute atomic E-state index is 9.34. The molecule has 1 aliphatic heterocycles. The summed E-state index contributed by atoms with van der Waals surface area (Å²) in [5.41, 5.74) is 0. The molecule has 1 aromatic rings. The van der Waals surface area contributed by atoms with Crippen molar-refractivity contribution in [3.8, 4) is 5.75 Å². The fraction of sp³-hybridized carbons (Fsp3) is 0.625. The highest BCUT2D eigenvalue weighted by Gasteiger charge is 2.25. The first-order chi connectivity index (χ1) is 6.20. The van der Waals surface area contributed by atoms with E-state index in [0.29, 0.717) is 4.60 Å². The van der Waals surface area contributed by atoms with Gasteiger partial charge in [-0.3, -0.25) is 4.90 Å². The van der Waals surface area contributed by atoms with Gasteiger partial charge in [0, 0.05) is 0 Å². The molecule has 5 heteroatoms. The smallest absolute Gasteiger partial charge is 0.168 e. The van der Waals surface area contributed by atoms with Crippen LogP contribution in [-0.4, -0.2) is 33.4 Å². The topological polar surface area (TPSA) is 41.3 Å². The first-order valence-corrected chi connectivity index (χ1v) is 5.11. The number of hydrogen-bond acceptors (Lipinski definition) is 3. The molecule has 0 radical (unpaired) electrons. The molecule has 0 bridgehead atoms. The third kappa shape index (κ3) is 1.46. The summed E-state index contributed by atoms with van der Waals surface area (Å²) in [5.74, 6) is 0.209. The second-order valence-corrected chi connectivity index (χ2v) is 4.12. The van der Waals surface area contributed by atoms with Crippen molar-refractivity contribution in [2.45, 2.75) is 19.0 Å². The molecule has 1 aromatic heterocycles. The van der Waals surface area contributed by atoms with Gasteiger partial charge in [-0.15, -0.1) is 0 Å². The minimum Gasteiger partial charge on any atom is -0.504 e. The van der Waals surface area contributed by atoms with Crippen LogP contribution in [-0.2, 0) is 0 Å². The molecule has 0 aliphatic carbocycles. The van der Waals surface area contributed by atoms with Crippen molar-refractivity contribution in [3.05, 3.63) is 10.8 Å². The Morgan fingerprint density at radius 1 is 1.69 bits per heavy atom. The van der Waals surface area contributed by atoms with E-state index >= 15 is 0 Å². The average molecular weight is 246 g/mol. The van der Waals surface area contributed by atoms with E-state index in [2.05, 4.69) is 33.0 Å². The van der Waals surface area contributed by atoms with Crippen LogP contribution in [0, 0.1) is 0 Å². The van der Waals surface area contributed by atoms with E-state index in [9.17, 15) is 5.11 Å². The fourth-order valence-electron chi connectivity index (χ4n) is 1.75. The highest BCUT2D eigenvalue weighted by atomic mass is 79.9. The van der Waals surface area contributed by atoms with Crippen LogP contribution in [0.15, 0.2) is 10.8 Å². The van der Waals surface area contributed by atoms with Gasteiger partial charge in [0.1, 0.15) is 10.8 Å². The molecule has 4 nitrogen and oxygen atoms in total. The summed E-state index contributed by atoms with van der Waals surface area (Å²) in [4.78, 5) is 2.23. The second-order valence-electron chi connectivity index (χ2n) is 3.37. The molecule has 2 heterocycles. The van der Waals surface area contributed by atoms with Crippen LogP contribution in [0.1, 0.15) is 19.0 Å². The summed E-state index contributed by atoms with van der Waals surface area (Å²) in [5, 5.41) is 13.5. The fourth-order valence-corrected chi connectivity index (χ4v) is 2.18. The van der Waals surface area contributed by atoms with E-state index in [4.69, 9.17) is 0 Å². The van der Waals surface area contributed by atoms with Crippen LogP contribution in [0.25, 0.3) is 0 Å². The molecule has 1 atom stereocenters. The highest BCUT2D eigenvalue weighted by molar-refractivity contribution is 9.10. The van der Waals surface area contributed by atoms with Gasteiger partial charge in [0.05, 0.1) is 6.20 Å². The Bertz CT molecular complexity index is 312. The second kappa shape index (κ2) is 3.31. The lowest BCUT2D eigenvalue weighted by Crippen LogP contribution is -2.24. The minimum absolute atomic E-state index is 0.209. The molecular formula is C8H12BrN3O. The Labute approximate surface area is 85.3 Å². The molecule has 2 rings (SSSR count). The monoisotopic (exact) mass is 245 g/mol. The predicted molar refractivity (Wildman–Crippen MR) is 52.5 cm³/mol. The SMILES string of the molecule is CN1CCCC1n1ncc(O)c1Br. The molecule has 0 aromatic carbocycles. The Morgan fingerprint density at radius 3 is 2.92 bits per heavy atom. The predicted octanol–water partition coefficient (Wildman–Crippen LogP) is 1.58. The summed E-state index contributed by atoms with van der Waals surface area (Å²) >= 11 is 3.31. The van der Waals surface area contributed by atoms with Crippen molar-refractivity contribution in [1.29, 1.82) is 0 Å². The largest absolute Gasteiger partial charge is 0.504 e. The molecule has 0 saturated carbocycles. The van der Waals surface area contributed by atoms with E-state index in [-0.39, 0.29) is 11.9 Å². The lowest BCUT2D eigenvalue weighted by atomic mass is 10.3. The first kappa shape index (κ1) is 9.02. The summed E-state index contributed by atoms with van der Waals surface area (Å²) in [6, 6.07) is 0. The summed E-state index contributed by atoms with van der Waals surface area (Å²) in [6.45, 7) is 1.09. The van der Waals surface area contributed by atoms with Crippen LogP contribution >= 0.6 is 15.9 Å². The summed E-state index contributed by atoms with van der Waals surface area (Å²) in [6.07, 6.45) is 4.04. The van der Waals surface area contributed by atoms with Crippen LogP contribution < -0.4 is 0 Å². The molecule has 13 heavy (non-hydrogen) atoms. The van der Waals surface area contributed by atoms with Gasteiger partial charge >= 0.3 is 0 Å². The zero-order valence-corrected chi connectivity index (χ0v) is 9.03. The van der Waals surface area contributed by atoms with Gasteiger partial charge in [0.15, 0.2) is 5.75 Å². The number of likely N-dealkylation sites (tertiary alicyclic amines) is 1. The third-order valence-corrected chi connectivity index (χ3v) is 3.25. The Kier molecular flexibility index (Phi) is 2.29. The number of halogens is 1. The van der Waals surface area contributed by atoms with Gasteiger partial charge in [-0.05, 0) is 42.4 Å². The van der Waals surface area contributed by atoms with Crippen LogP contribution in [0.4, 0.5) is 0 Å². The number of rotatable bonds is 1. The van der Waals surface area contributed by atoms with Crippen LogP contribution in [0.2, 0.25) is 0 Å². The van der Waals surface area contributed by atoms with Crippen molar-refractivity contribution in [2.75, 3.05) is 13.6 Å². The van der Waals surface area contributed by atoms with E-state index in [1.807, 2.05) is 4.68 Å². The highest BCUT2D eigenvalue weighted by Crippen LogP contribution is 2.31. The molecule has 72 valence electrons. The molecular weight excluding hydrogens is 234 g/mol. The molecule has 1 saturated heterocycles.